The molecular formula is C6H12N2O4. The first kappa shape index (κ1) is 10.9. The van der Waals surface area contributed by atoms with Crippen molar-refractivity contribution in [2.45, 2.75) is 19.1 Å². The molecule has 0 aromatic carbocycles. The standard InChI is InChI=1S/C6H12N2O4/c7-3-4(8)12-6(11)2-1-5(9)10/h4H,1-3,7-8H2,(H,9,10). The third-order valence-electron chi connectivity index (χ3n) is 1.06. The van der Waals surface area contributed by atoms with Crippen LogP contribution in [0.1, 0.15) is 12.8 Å². The Morgan fingerprint density at radius 2 is 2.00 bits per heavy atom. The van der Waals surface area contributed by atoms with Crippen LogP contribution in [0.4, 0.5) is 0 Å². The van der Waals surface area contributed by atoms with Gasteiger partial charge in [-0.15, -0.1) is 0 Å². The first-order valence-electron chi connectivity index (χ1n) is 3.43. The Morgan fingerprint density at radius 3 is 2.42 bits per heavy atom. The number of rotatable bonds is 5. The number of ether oxygens (including phenoxy) is 1. The summed E-state index contributed by atoms with van der Waals surface area (Å²) < 4.78 is 4.50. The van der Waals surface area contributed by atoms with E-state index < -0.39 is 18.2 Å². The number of aliphatic carboxylic acids is 1. The van der Waals surface area contributed by atoms with Crippen LogP contribution in [0.3, 0.4) is 0 Å². The summed E-state index contributed by atoms with van der Waals surface area (Å²) in [5.74, 6) is -1.69. The highest BCUT2D eigenvalue weighted by Crippen LogP contribution is 1.93. The van der Waals surface area contributed by atoms with Gasteiger partial charge < -0.3 is 15.6 Å². The van der Waals surface area contributed by atoms with Crippen LogP contribution in [-0.4, -0.2) is 29.8 Å². The van der Waals surface area contributed by atoms with Crippen LogP contribution in [0.2, 0.25) is 0 Å². The molecule has 0 rings (SSSR count). The van der Waals surface area contributed by atoms with Crippen LogP contribution in [0, 0.1) is 0 Å². The molecule has 0 heterocycles. The Kier molecular flexibility index (Phi) is 4.98. The zero-order valence-corrected chi connectivity index (χ0v) is 6.53. The van der Waals surface area contributed by atoms with Gasteiger partial charge in [-0.1, -0.05) is 0 Å². The zero-order valence-electron chi connectivity index (χ0n) is 6.53. The lowest BCUT2D eigenvalue weighted by Crippen LogP contribution is -2.34. The summed E-state index contributed by atoms with van der Waals surface area (Å²) in [6.45, 7) is 0.0266. The summed E-state index contributed by atoms with van der Waals surface area (Å²) in [5.41, 5.74) is 10.2. The maximum absolute atomic E-state index is 10.7. The third kappa shape index (κ3) is 5.63. The van der Waals surface area contributed by atoms with Crippen molar-refractivity contribution in [2.75, 3.05) is 6.54 Å². The van der Waals surface area contributed by atoms with Gasteiger partial charge in [-0.05, 0) is 0 Å². The van der Waals surface area contributed by atoms with Gasteiger partial charge >= 0.3 is 11.9 Å². The third-order valence-corrected chi connectivity index (χ3v) is 1.06. The molecule has 0 aliphatic rings. The molecule has 6 heteroatoms. The van der Waals surface area contributed by atoms with Crippen LogP contribution in [0.25, 0.3) is 0 Å². The molecule has 0 bridgehead atoms. The van der Waals surface area contributed by atoms with Gasteiger partial charge in [0, 0.05) is 6.54 Å². The predicted molar refractivity (Wildman–Crippen MR) is 40.0 cm³/mol. The van der Waals surface area contributed by atoms with E-state index in [1.54, 1.807) is 0 Å². The van der Waals surface area contributed by atoms with Gasteiger partial charge in [-0.3, -0.25) is 15.3 Å². The molecule has 12 heavy (non-hydrogen) atoms. The van der Waals surface area contributed by atoms with Crippen molar-refractivity contribution >= 4 is 11.9 Å². The lowest BCUT2D eigenvalue weighted by atomic mass is 10.3. The van der Waals surface area contributed by atoms with Gasteiger partial charge in [-0.2, -0.15) is 0 Å². The maximum atomic E-state index is 10.7. The van der Waals surface area contributed by atoms with Crippen LogP contribution < -0.4 is 11.5 Å². The first-order valence-corrected chi connectivity index (χ1v) is 3.43. The van der Waals surface area contributed by atoms with E-state index in [0.717, 1.165) is 0 Å². The number of carboxylic acid groups (broad SMARTS) is 1. The summed E-state index contributed by atoms with van der Waals surface area (Å²) in [4.78, 5) is 20.7. The normalized spacial score (nSPS) is 12.2. The minimum Gasteiger partial charge on any atom is -0.481 e. The molecule has 1 atom stereocenters. The minimum absolute atomic E-state index is 0.0266. The summed E-state index contributed by atoms with van der Waals surface area (Å²) in [5, 5.41) is 8.19. The van der Waals surface area contributed by atoms with E-state index in [1.165, 1.54) is 0 Å². The van der Waals surface area contributed by atoms with E-state index in [-0.39, 0.29) is 19.4 Å². The molecule has 0 saturated heterocycles. The topological polar surface area (TPSA) is 116 Å². The predicted octanol–water partition coefficient (Wildman–Crippen LogP) is -1.36. The molecule has 0 radical (unpaired) electrons. The van der Waals surface area contributed by atoms with Crippen molar-refractivity contribution in [3.8, 4) is 0 Å². The van der Waals surface area contributed by atoms with E-state index in [9.17, 15) is 9.59 Å². The maximum Gasteiger partial charge on any atom is 0.307 e. The molecule has 0 aliphatic heterocycles. The van der Waals surface area contributed by atoms with Crippen molar-refractivity contribution < 1.29 is 19.4 Å². The molecule has 6 nitrogen and oxygen atoms in total. The fourth-order valence-corrected chi connectivity index (χ4v) is 0.485. The fraction of sp³-hybridized carbons (Fsp3) is 0.667. The molecule has 0 aromatic heterocycles. The number of hydrogen-bond acceptors (Lipinski definition) is 5. The van der Waals surface area contributed by atoms with Crippen LogP contribution in [-0.2, 0) is 14.3 Å². The monoisotopic (exact) mass is 176 g/mol. The van der Waals surface area contributed by atoms with E-state index in [1.807, 2.05) is 0 Å². The first-order chi connectivity index (χ1) is 5.56. The second kappa shape index (κ2) is 5.50. The summed E-state index contributed by atoms with van der Waals surface area (Å²) in [6.07, 6.45) is -1.27. The van der Waals surface area contributed by atoms with Crippen LogP contribution in [0.5, 0.6) is 0 Å². The van der Waals surface area contributed by atoms with Gasteiger partial charge in [0.25, 0.3) is 0 Å². The second-order valence-electron chi connectivity index (χ2n) is 2.16. The highest BCUT2D eigenvalue weighted by molar-refractivity contribution is 5.76. The smallest absolute Gasteiger partial charge is 0.307 e. The van der Waals surface area contributed by atoms with Gasteiger partial charge in [0.2, 0.25) is 0 Å². The number of hydrogen-bond donors (Lipinski definition) is 3. The summed E-state index contributed by atoms with van der Waals surface area (Å²) in [7, 11) is 0. The van der Waals surface area contributed by atoms with Crippen molar-refractivity contribution in [3.63, 3.8) is 0 Å². The molecule has 1 unspecified atom stereocenters. The lowest BCUT2D eigenvalue weighted by Gasteiger charge is -2.09. The number of esters is 1. The molecule has 70 valence electrons. The van der Waals surface area contributed by atoms with Gasteiger partial charge in [0.05, 0.1) is 12.8 Å². The average Bonchev–Trinajstić information content (AvgIpc) is 2.00. The highest BCUT2D eigenvalue weighted by atomic mass is 16.6. The van der Waals surface area contributed by atoms with Crippen molar-refractivity contribution in [1.29, 1.82) is 0 Å². The van der Waals surface area contributed by atoms with E-state index in [4.69, 9.17) is 16.6 Å². The Labute approximate surface area is 69.5 Å². The molecule has 5 N–H and O–H groups in total. The minimum atomic E-state index is -1.05. The highest BCUT2D eigenvalue weighted by Gasteiger charge is 2.09. The number of carboxylic acids is 1. The van der Waals surface area contributed by atoms with Crippen molar-refractivity contribution in [1.82, 2.24) is 0 Å². The zero-order chi connectivity index (χ0) is 9.56. The molecule has 0 fully saturated rings. The Morgan fingerprint density at radius 1 is 1.42 bits per heavy atom. The second-order valence-corrected chi connectivity index (χ2v) is 2.16. The summed E-state index contributed by atoms with van der Waals surface area (Å²) >= 11 is 0. The Bertz CT molecular complexity index is 171. The van der Waals surface area contributed by atoms with Crippen LogP contribution in [0.15, 0.2) is 0 Å². The van der Waals surface area contributed by atoms with Gasteiger partial charge in [0.1, 0.15) is 0 Å². The largest absolute Gasteiger partial charge is 0.481 e. The van der Waals surface area contributed by atoms with Gasteiger partial charge in [0.15, 0.2) is 6.23 Å². The molecule has 0 saturated carbocycles. The van der Waals surface area contributed by atoms with Crippen LogP contribution >= 0.6 is 0 Å². The fourth-order valence-electron chi connectivity index (χ4n) is 0.485. The molecule has 0 amide bonds. The Balaban J connectivity index is 3.53. The van der Waals surface area contributed by atoms with E-state index in [0.29, 0.717) is 0 Å². The SMILES string of the molecule is NCC(N)OC(=O)CCC(=O)O. The Hall–Kier alpha value is -1.14. The quantitative estimate of drug-likeness (QED) is 0.352. The van der Waals surface area contributed by atoms with Gasteiger partial charge in [-0.25, -0.2) is 0 Å². The van der Waals surface area contributed by atoms with E-state index in [2.05, 4.69) is 4.74 Å². The molecular weight excluding hydrogens is 164 g/mol. The number of carbonyl (C=O) groups excluding carboxylic acids is 1. The molecule has 0 spiro atoms. The lowest BCUT2D eigenvalue weighted by molar-refractivity contribution is -0.151. The van der Waals surface area contributed by atoms with Crippen molar-refractivity contribution in [2.24, 2.45) is 11.5 Å². The molecule has 0 aliphatic carbocycles. The summed E-state index contributed by atoms with van der Waals surface area (Å²) in [6, 6.07) is 0. The van der Waals surface area contributed by atoms with E-state index >= 15 is 0 Å². The van der Waals surface area contributed by atoms with Crippen molar-refractivity contribution in [3.05, 3.63) is 0 Å². The number of nitrogens with two attached hydrogens (primary N) is 2. The average molecular weight is 176 g/mol. The molecule has 0 aromatic rings. The number of carbonyl (C=O) groups is 2.